The summed E-state index contributed by atoms with van der Waals surface area (Å²) in [4.78, 5) is 27.9. The maximum atomic E-state index is 12.0. The first kappa shape index (κ1) is 17.4. The number of rotatable bonds is 4. The molecule has 7 heteroatoms. The van der Waals surface area contributed by atoms with Crippen LogP contribution in [0.5, 0.6) is 11.5 Å². The molecular formula is C19H14ClN3O3. The molecule has 2 amide bonds. The standard InChI is InChI=1S/C19H14ClN3O3/c20-16-3-1-2-4-17(16)23-19(25)18(24)22-13-5-7-14(8-6-13)26-15-9-11-21-12-10-15/h1-12H,(H,22,24)(H,23,25). The number of benzene rings is 2. The predicted molar refractivity (Wildman–Crippen MR) is 99.5 cm³/mol. The molecule has 0 radical (unpaired) electrons. The number of carbonyl (C=O) groups is 2. The minimum absolute atomic E-state index is 0.353. The molecule has 1 heterocycles. The molecule has 0 unspecified atom stereocenters. The van der Waals surface area contributed by atoms with Crippen molar-refractivity contribution in [3.63, 3.8) is 0 Å². The Labute approximate surface area is 154 Å². The van der Waals surface area contributed by atoms with E-state index in [1.165, 1.54) is 0 Å². The summed E-state index contributed by atoms with van der Waals surface area (Å²) < 4.78 is 5.63. The van der Waals surface area contributed by atoms with E-state index in [-0.39, 0.29) is 0 Å². The van der Waals surface area contributed by atoms with Crippen LogP contribution in [0.4, 0.5) is 11.4 Å². The van der Waals surface area contributed by atoms with Crippen molar-refractivity contribution in [1.82, 2.24) is 4.98 Å². The molecule has 1 aromatic heterocycles. The Morgan fingerprint density at radius 3 is 2.12 bits per heavy atom. The van der Waals surface area contributed by atoms with Crippen LogP contribution in [0.25, 0.3) is 0 Å². The van der Waals surface area contributed by atoms with Crippen LogP contribution in [0.3, 0.4) is 0 Å². The van der Waals surface area contributed by atoms with E-state index >= 15 is 0 Å². The van der Waals surface area contributed by atoms with Gasteiger partial charge >= 0.3 is 11.8 Å². The van der Waals surface area contributed by atoms with E-state index in [4.69, 9.17) is 16.3 Å². The molecule has 0 spiro atoms. The lowest BCUT2D eigenvalue weighted by Crippen LogP contribution is -2.29. The largest absolute Gasteiger partial charge is 0.457 e. The first-order chi connectivity index (χ1) is 12.6. The molecule has 0 saturated heterocycles. The summed E-state index contributed by atoms with van der Waals surface area (Å²) in [7, 11) is 0. The van der Waals surface area contributed by atoms with Crippen molar-refractivity contribution in [3.05, 3.63) is 78.1 Å². The van der Waals surface area contributed by atoms with Gasteiger partial charge in [-0.1, -0.05) is 23.7 Å². The highest BCUT2D eigenvalue weighted by atomic mass is 35.5. The molecule has 2 aromatic carbocycles. The normalized spacial score (nSPS) is 10.0. The molecule has 3 aromatic rings. The third-order valence-corrected chi connectivity index (χ3v) is 3.66. The van der Waals surface area contributed by atoms with Crippen LogP contribution < -0.4 is 15.4 Å². The molecule has 0 bridgehead atoms. The van der Waals surface area contributed by atoms with Crippen LogP contribution >= 0.6 is 11.6 Å². The summed E-state index contributed by atoms with van der Waals surface area (Å²) >= 11 is 5.95. The van der Waals surface area contributed by atoms with Gasteiger partial charge in [0.05, 0.1) is 10.7 Å². The smallest absolute Gasteiger partial charge is 0.314 e. The fraction of sp³-hybridized carbons (Fsp3) is 0. The third kappa shape index (κ3) is 4.58. The quantitative estimate of drug-likeness (QED) is 0.680. The fourth-order valence-corrected chi connectivity index (χ4v) is 2.26. The van der Waals surface area contributed by atoms with Crippen molar-refractivity contribution in [2.75, 3.05) is 10.6 Å². The second kappa shape index (κ2) is 8.13. The Hall–Kier alpha value is -3.38. The zero-order valence-corrected chi connectivity index (χ0v) is 14.2. The van der Waals surface area contributed by atoms with Crippen molar-refractivity contribution in [2.24, 2.45) is 0 Å². The van der Waals surface area contributed by atoms with Gasteiger partial charge in [-0.15, -0.1) is 0 Å². The molecule has 3 rings (SSSR count). The van der Waals surface area contributed by atoms with Gasteiger partial charge in [0.2, 0.25) is 0 Å². The van der Waals surface area contributed by atoms with E-state index in [2.05, 4.69) is 15.6 Å². The highest BCUT2D eigenvalue weighted by molar-refractivity contribution is 6.44. The molecule has 0 aliphatic rings. The number of aromatic nitrogens is 1. The van der Waals surface area contributed by atoms with Crippen molar-refractivity contribution in [3.8, 4) is 11.5 Å². The summed E-state index contributed by atoms with van der Waals surface area (Å²) in [5.41, 5.74) is 0.835. The number of halogens is 1. The first-order valence-electron chi connectivity index (χ1n) is 7.66. The monoisotopic (exact) mass is 367 g/mol. The Bertz CT molecular complexity index is 915. The molecule has 6 nitrogen and oxygen atoms in total. The van der Waals surface area contributed by atoms with Gasteiger partial charge in [-0.2, -0.15) is 0 Å². The van der Waals surface area contributed by atoms with Crippen molar-refractivity contribution < 1.29 is 14.3 Å². The lowest BCUT2D eigenvalue weighted by atomic mass is 10.3. The Morgan fingerprint density at radius 1 is 0.808 bits per heavy atom. The van der Waals surface area contributed by atoms with Crippen LogP contribution in [-0.2, 0) is 9.59 Å². The zero-order valence-electron chi connectivity index (χ0n) is 13.5. The van der Waals surface area contributed by atoms with Gasteiger partial charge in [0.1, 0.15) is 11.5 Å². The number of hydrogen-bond donors (Lipinski definition) is 2. The first-order valence-corrected chi connectivity index (χ1v) is 8.04. The minimum atomic E-state index is -0.810. The number of para-hydroxylation sites is 1. The molecule has 0 aliphatic carbocycles. The van der Waals surface area contributed by atoms with Gasteiger partial charge in [-0.25, -0.2) is 0 Å². The van der Waals surface area contributed by atoms with E-state index in [0.29, 0.717) is 27.9 Å². The van der Waals surface area contributed by atoms with Gasteiger partial charge in [-0.3, -0.25) is 14.6 Å². The SMILES string of the molecule is O=C(Nc1ccc(Oc2ccncc2)cc1)C(=O)Nc1ccccc1Cl. The molecule has 0 aliphatic heterocycles. The zero-order chi connectivity index (χ0) is 18.4. The second-order valence-electron chi connectivity index (χ2n) is 5.20. The topological polar surface area (TPSA) is 80.3 Å². The van der Waals surface area contributed by atoms with Gasteiger partial charge in [-0.05, 0) is 48.5 Å². The van der Waals surface area contributed by atoms with Crippen LogP contribution in [0.15, 0.2) is 73.1 Å². The van der Waals surface area contributed by atoms with Gasteiger partial charge in [0.25, 0.3) is 0 Å². The number of ether oxygens (including phenoxy) is 1. The van der Waals surface area contributed by atoms with Crippen molar-refractivity contribution in [1.29, 1.82) is 0 Å². The molecular weight excluding hydrogens is 354 g/mol. The molecule has 0 saturated carbocycles. The number of anilines is 2. The number of pyridine rings is 1. The van der Waals surface area contributed by atoms with Crippen LogP contribution in [0, 0.1) is 0 Å². The summed E-state index contributed by atoms with van der Waals surface area (Å²) in [5.74, 6) is -0.367. The van der Waals surface area contributed by atoms with E-state index in [1.54, 1.807) is 73.1 Å². The van der Waals surface area contributed by atoms with Gasteiger partial charge in [0.15, 0.2) is 0 Å². The molecule has 2 N–H and O–H groups in total. The van der Waals surface area contributed by atoms with Gasteiger partial charge in [0, 0.05) is 18.1 Å². The average molecular weight is 368 g/mol. The number of hydrogen-bond acceptors (Lipinski definition) is 4. The van der Waals surface area contributed by atoms with Gasteiger partial charge < -0.3 is 15.4 Å². The highest BCUT2D eigenvalue weighted by Gasteiger charge is 2.15. The Morgan fingerprint density at radius 2 is 1.42 bits per heavy atom. The Kier molecular flexibility index (Phi) is 5.46. The van der Waals surface area contributed by atoms with E-state index in [0.717, 1.165) is 0 Å². The number of carbonyl (C=O) groups excluding carboxylic acids is 2. The minimum Gasteiger partial charge on any atom is -0.457 e. The number of amides is 2. The summed E-state index contributed by atoms with van der Waals surface area (Å²) in [6, 6.07) is 16.8. The number of nitrogens with zero attached hydrogens (tertiary/aromatic N) is 1. The maximum Gasteiger partial charge on any atom is 0.314 e. The predicted octanol–water partition coefficient (Wildman–Crippen LogP) is 4.10. The third-order valence-electron chi connectivity index (χ3n) is 3.33. The summed E-state index contributed by atoms with van der Waals surface area (Å²) in [6.07, 6.45) is 3.25. The average Bonchev–Trinajstić information content (AvgIpc) is 2.66. The molecule has 0 fully saturated rings. The van der Waals surface area contributed by atoms with Crippen LogP contribution in [0.1, 0.15) is 0 Å². The van der Waals surface area contributed by atoms with E-state index in [1.807, 2.05) is 0 Å². The Balaban J connectivity index is 1.59. The molecule has 26 heavy (non-hydrogen) atoms. The van der Waals surface area contributed by atoms with E-state index in [9.17, 15) is 9.59 Å². The lowest BCUT2D eigenvalue weighted by Gasteiger charge is -2.09. The van der Waals surface area contributed by atoms with Crippen molar-refractivity contribution >= 4 is 34.8 Å². The summed E-state index contributed by atoms with van der Waals surface area (Å²) in [6.45, 7) is 0. The lowest BCUT2D eigenvalue weighted by molar-refractivity contribution is -0.132. The van der Waals surface area contributed by atoms with E-state index < -0.39 is 11.8 Å². The second-order valence-corrected chi connectivity index (χ2v) is 5.60. The fourth-order valence-electron chi connectivity index (χ4n) is 2.08. The molecule has 0 atom stereocenters. The highest BCUT2D eigenvalue weighted by Crippen LogP contribution is 2.23. The van der Waals surface area contributed by atoms with Crippen molar-refractivity contribution in [2.45, 2.75) is 0 Å². The van der Waals surface area contributed by atoms with Crippen LogP contribution in [0.2, 0.25) is 5.02 Å². The summed E-state index contributed by atoms with van der Waals surface area (Å²) in [5, 5.41) is 5.33. The maximum absolute atomic E-state index is 12.0. The van der Waals surface area contributed by atoms with Crippen LogP contribution in [-0.4, -0.2) is 16.8 Å². The molecule has 130 valence electrons. The number of nitrogens with one attached hydrogen (secondary N) is 2.